The highest BCUT2D eigenvalue weighted by Gasteiger charge is 2.45. The van der Waals surface area contributed by atoms with E-state index in [1.54, 1.807) is 7.05 Å². The molecular formula is C15H18N6O. The topological polar surface area (TPSA) is 75.9 Å². The van der Waals surface area contributed by atoms with Crippen LogP contribution in [-0.4, -0.2) is 37.7 Å². The number of benzene rings is 1. The van der Waals surface area contributed by atoms with Gasteiger partial charge < -0.3 is 4.90 Å². The molecule has 7 heteroatoms. The predicted octanol–water partition coefficient (Wildman–Crippen LogP) is 1.68. The first-order chi connectivity index (χ1) is 10.7. The molecule has 114 valence electrons. The van der Waals surface area contributed by atoms with Gasteiger partial charge in [-0.2, -0.15) is 4.80 Å². The lowest BCUT2D eigenvalue weighted by molar-refractivity contribution is 0.132. The van der Waals surface area contributed by atoms with Crippen molar-refractivity contribution in [1.82, 2.24) is 25.1 Å². The van der Waals surface area contributed by atoms with E-state index in [0.717, 1.165) is 19.4 Å². The van der Waals surface area contributed by atoms with Crippen LogP contribution in [0, 0.1) is 0 Å². The molecule has 0 unspecified atom stereocenters. The Labute approximate surface area is 128 Å². The highest BCUT2D eigenvalue weighted by Crippen LogP contribution is 2.48. The molecule has 4 rings (SSSR count). The Hall–Kier alpha value is -2.44. The number of fused-ring (bicyclic) bond motifs is 2. The molecule has 1 fully saturated rings. The van der Waals surface area contributed by atoms with Crippen molar-refractivity contribution >= 4 is 12.0 Å². The van der Waals surface area contributed by atoms with E-state index in [4.69, 9.17) is 0 Å². The van der Waals surface area contributed by atoms with Gasteiger partial charge in [-0.25, -0.2) is 4.79 Å². The monoisotopic (exact) mass is 298 g/mol. The lowest BCUT2D eigenvalue weighted by Crippen LogP contribution is -2.52. The van der Waals surface area contributed by atoms with Crippen molar-refractivity contribution in [1.29, 1.82) is 0 Å². The van der Waals surface area contributed by atoms with E-state index < -0.39 is 0 Å². The zero-order chi connectivity index (χ0) is 15.2. The number of hydrogen-bond acceptors (Lipinski definition) is 4. The quantitative estimate of drug-likeness (QED) is 0.869. The molecule has 0 atom stereocenters. The molecule has 1 aromatic carbocycles. The van der Waals surface area contributed by atoms with Crippen molar-refractivity contribution in [2.75, 3.05) is 11.9 Å². The molecule has 2 aliphatic rings. The van der Waals surface area contributed by atoms with Crippen LogP contribution in [0.5, 0.6) is 0 Å². The maximum atomic E-state index is 12.5. The molecule has 2 amide bonds. The number of hydrogen-bond donors (Lipinski definition) is 1. The Kier molecular flexibility index (Phi) is 2.88. The Morgan fingerprint density at radius 3 is 2.82 bits per heavy atom. The van der Waals surface area contributed by atoms with Crippen LogP contribution in [0.1, 0.15) is 30.4 Å². The van der Waals surface area contributed by atoms with Crippen molar-refractivity contribution < 1.29 is 4.79 Å². The van der Waals surface area contributed by atoms with E-state index in [9.17, 15) is 4.79 Å². The molecule has 1 aliphatic heterocycles. The molecule has 1 aromatic heterocycles. The third kappa shape index (κ3) is 2.04. The van der Waals surface area contributed by atoms with Crippen molar-refractivity contribution in [3.05, 3.63) is 35.4 Å². The van der Waals surface area contributed by atoms with Gasteiger partial charge in [-0.15, -0.1) is 5.10 Å². The van der Waals surface area contributed by atoms with Crippen LogP contribution in [0.4, 0.5) is 10.7 Å². The number of aromatic nitrogens is 4. The fraction of sp³-hybridized carbons (Fsp3) is 0.467. The van der Waals surface area contributed by atoms with Gasteiger partial charge in [0.15, 0.2) is 0 Å². The fourth-order valence-electron chi connectivity index (χ4n) is 3.57. The minimum absolute atomic E-state index is 0.141. The molecule has 2 heterocycles. The second-order valence-electron chi connectivity index (χ2n) is 6.18. The lowest BCUT2D eigenvalue weighted by Gasteiger charge is -2.49. The zero-order valence-electron chi connectivity index (χ0n) is 12.5. The molecule has 22 heavy (non-hydrogen) atoms. The summed E-state index contributed by atoms with van der Waals surface area (Å²) in [4.78, 5) is 15.7. The van der Waals surface area contributed by atoms with Crippen LogP contribution >= 0.6 is 0 Å². The summed E-state index contributed by atoms with van der Waals surface area (Å²) in [6.45, 7) is 1.39. The van der Waals surface area contributed by atoms with E-state index in [2.05, 4.69) is 38.9 Å². The Balaban J connectivity index is 1.58. The Morgan fingerprint density at radius 2 is 2.14 bits per heavy atom. The minimum atomic E-state index is -0.159. The van der Waals surface area contributed by atoms with Crippen molar-refractivity contribution in [2.24, 2.45) is 7.05 Å². The summed E-state index contributed by atoms with van der Waals surface area (Å²) in [7, 11) is 1.67. The summed E-state index contributed by atoms with van der Waals surface area (Å²) < 4.78 is 0. The molecule has 2 aromatic rings. The Bertz CT molecular complexity index is 720. The van der Waals surface area contributed by atoms with Gasteiger partial charge in [0.25, 0.3) is 5.95 Å². The van der Waals surface area contributed by atoms with Gasteiger partial charge in [0.1, 0.15) is 0 Å². The van der Waals surface area contributed by atoms with E-state index >= 15 is 0 Å². The van der Waals surface area contributed by atoms with Gasteiger partial charge in [0.05, 0.1) is 7.05 Å². The van der Waals surface area contributed by atoms with Crippen LogP contribution in [0.3, 0.4) is 0 Å². The standard InChI is InChI=1S/C15H18N6O/c1-20-18-13(17-19-20)16-14(22)21-9-11-5-2-3-6-12(11)15(10-21)7-4-8-15/h2-3,5-6H,4,7-10H2,1H3,(H,16,18,22). The Morgan fingerprint density at radius 1 is 1.32 bits per heavy atom. The van der Waals surface area contributed by atoms with Crippen molar-refractivity contribution in [3.8, 4) is 0 Å². The first-order valence-corrected chi connectivity index (χ1v) is 7.55. The molecule has 1 N–H and O–H groups in total. The number of tetrazole rings is 1. The van der Waals surface area contributed by atoms with Crippen LogP contribution in [-0.2, 0) is 19.0 Å². The van der Waals surface area contributed by atoms with Gasteiger partial charge in [-0.3, -0.25) is 5.32 Å². The molecule has 1 spiro atoms. The van der Waals surface area contributed by atoms with Crippen LogP contribution in [0.15, 0.2) is 24.3 Å². The number of rotatable bonds is 1. The van der Waals surface area contributed by atoms with Crippen molar-refractivity contribution in [2.45, 2.75) is 31.2 Å². The van der Waals surface area contributed by atoms with Gasteiger partial charge in [0.2, 0.25) is 0 Å². The van der Waals surface area contributed by atoms with Gasteiger partial charge >= 0.3 is 6.03 Å². The predicted molar refractivity (Wildman–Crippen MR) is 80.2 cm³/mol. The summed E-state index contributed by atoms with van der Waals surface area (Å²) >= 11 is 0. The molecule has 7 nitrogen and oxygen atoms in total. The minimum Gasteiger partial charge on any atom is -0.319 e. The number of carbonyl (C=O) groups excluding carboxylic acids is 1. The third-order valence-electron chi connectivity index (χ3n) is 4.77. The van der Waals surface area contributed by atoms with E-state index in [1.807, 2.05) is 11.0 Å². The average molecular weight is 298 g/mol. The summed E-state index contributed by atoms with van der Waals surface area (Å²) in [6, 6.07) is 8.31. The van der Waals surface area contributed by atoms with Crippen LogP contribution in [0.2, 0.25) is 0 Å². The molecule has 1 aliphatic carbocycles. The van der Waals surface area contributed by atoms with E-state index in [-0.39, 0.29) is 17.4 Å². The lowest BCUT2D eigenvalue weighted by atomic mass is 9.61. The summed E-state index contributed by atoms with van der Waals surface area (Å²) in [6.07, 6.45) is 3.53. The number of amides is 2. The normalized spacial score (nSPS) is 18.7. The van der Waals surface area contributed by atoms with Crippen molar-refractivity contribution in [3.63, 3.8) is 0 Å². The number of carbonyl (C=O) groups is 1. The molecule has 0 bridgehead atoms. The maximum absolute atomic E-state index is 12.5. The number of aryl methyl sites for hydroxylation is 1. The molecule has 0 saturated heterocycles. The highest BCUT2D eigenvalue weighted by atomic mass is 16.2. The average Bonchev–Trinajstić information content (AvgIpc) is 2.89. The van der Waals surface area contributed by atoms with Gasteiger partial charge in [0, 0.05) is 18.5 Å². The third-order valence-corrected chi connectivity index (χ3v) is 4.77. The zero-order valence-corrected chi connectivity index (χ0v) is 12.5. The molecule has 0 radical (unpaired) electrons. The first-order valence-electron chi connectivity index (χ1n) is 7.55. The van der Waals surface area contributed by atoms with Gasteiger partial charge in [-0.1, -0.05) is 35.8 Å². The molecular weight excluding hydrogens is 280 g/mol. The van der Waals surface area contributed by atoms with Gasteiger partial charge in [-0.05, 0) is 29.2 Å². The second kappa shape index (κ2) is 4.79. The van der Waals surface area contributed by atoms with E-state index in [0.29, 0.717) is 6.54 Å². The van der Waals surface area contributed by atoms with E-state index in [1.165, 1.54) is 22.3 Å². The van der Waals surface area contributed by atoms with Crippen LogP contribution < -0.4 is 5.32 Å². The number of urea groups is 1. The summed E-state index contributed by atoms with van der Waals surface area (Å²) in [5.41, 5.74) is 2.81. The fourth-order valence-corrected chi connectivity index (χ4v) is 3.57. The number of nitrogens with zero attached hydrogens (tertiary/aromatic N) is 5. The first kappa shape index (κ1) is 13.2. The summed E-state index contributed by atoms with van der Waals surface area (Å²) in [5, 5.41) is 14.3. The number of anilines is 1. The summed E-state index contributed by atoms with van der Waals surface area (Å²) in [5.74, 6) is 0.244. The van der Waals surface area contributed by atoms with Crippen LogP contribution in [0.25, 0.3) is 0 Å². The maximum Gasteiger partial charge on any atom is 0.324 e. The second-order valence-corrected chi connectivity index (χ2v) is 6.18. The SMILES string of the molecule is Cn1nnc(NC(=O)N2Cc3ccccc3C3(CCC3)C2)n1. The highest BCUT2D eigenvalue weighted by molar-refractivity contribution is 5.87. The number of nitrogens with one attached hydrogen (secondary N) is 1. The molecule has 1 saturated carbocycles. The largest absolute Gasteiger partial charge is 0.324 e. The smallest absolute Gasteiger partial charge is 0.319 e.